The molecule has 15 heteroatoms. The van der Waals surface area contributed by atoms with Gasteiger partial charge in [-0.2, -0.15) is 0 Å². The summed E-state index contributed by atoms with van der Waals surface area (Å²) in [5.74, 6) is -5.74. The van der Waals surface area contributed by atoms with Crippen molar-refractivity contribution < 1.29 is 39.3 Å². The van der Waals surface area contributed by atoms with E-state index in [0.717, 1.165) is 6.92 Å². The fraction of sp³-hybridized carbons (Fsp3) is 0.625. The lowest BCUT2D eigenvalue weighted by molar-refractivity contribution is -0.145. The molecule has 0 aliphatic heterocycles. The van der Waals surface area contributed by atoms with E-state index >= 15 is 0 Å². The molecule has 0 aliphatic rings. The van der Waals surface area contributed by atoms with E-state index in [0.29, 0.717) is 6.42 Å². The van der Waals surface area contributed by atoms with E-state index in [-0.39, 0.29) is 18.9 Å². The first-order valence-electron chi connectivity index (χ1n) is 9.16. The number of carboxylic acids is 2. The van der Waals surface area contributed by atoms with Crippen LogP contribution in [0.15, 0.2) is 4.99 Å². The van der Waals surface area contributed by atoms with Crippen LogP contribution in [0.4, 0.5) is 0 Å². The molecule has 0 fully saturated rings. The molecule has 0 heterocycles. The third-order valence-electron chi connectivity index (χ3n) is 3.80. The van der Waals surface area contributed by atoms with Gasteiger partial charge in [0.2, 0.25) is 17.7 Å². The van der Waals surface area contributed by atoms with Gasteiger partial charge < -0.3 is 48.5 Å². The zero-order valence-electron chi connectivity index (χ0n) is 16.9. The minimum absolute atomic E-state index is 0.122. The maximum Gasteiger partial charge on any atom is 0.328 e. The van der Waals surface area contributed by atoms with Crippen molar-refractivity contribution in [2.24, 2.45) is 22.2 Å². The van der Waals surface area contributed by atoms with Gasteiger partial charge >= 0.3 is 11.9 Å². The van der Waals surface area contributed by atoms with Gasteiger partial charge in [0, 0.05) is 6.54 Å². The Morgan fingerprint density at radius 2 is 1.65 bits per heavy atom. The molecule has 15 nitrogen and oxygen atoms in total. The number of hydrogen-bond acceptors (Lipinski definition) is 8. The number of aliphatic imine (C=N–C) groups is 1. The van der Waals surface area contributed by atoms with Crippen LogP contribution in [0.25, 0.3) is 0 Å². The van der Waals surface area contributed by atoms with Crippen LogP contribution >= 0.6 is 0 Å². The topological polar surface area (TPSA) is 273 Å². The van der Waals surface area contributed by atoms with Crippen molar-refractivity contribution >= 4 is 35.6 Å². The number of rotatable bonds is 14. The molecule has 0 saturated carbocycles. The summed E-state index contributed by atoms with van der Waals surface area (Å²) in [4.78, 5) is 61.8. The van der Waals surface area contributed by atoms with Crippen molar-refractivity contribution in [1.82, 2.24) is 16.0 Å². The molecule has 0 aliphatic carbocycles. The van der Waals surface area contributed by atoms with E-state index in [2.05, 4.69) is 15.6 Å². The van der Waals surface area contributed by atoms with Crippen molar-refractivity contribution in [3.8, 4) is 0 Å². The van der Waals surface area contributed by atoms with Gasteiger partial charge in [-0.15, -0.1) is 0 Å². The van der Waals surface area contributed by atoms with Gasteiger partial charge in [-0.25, -0.2) is 4.79 Å². The van der Waals surface area contributed by atoms with E-state index < -0.39 is 66.9 Å². The highest BCUT2D eigenvalue weighted by Crippen LogP contribution is 1.99. The Kier molecular flexibility index (Phi) is 12.2. The Bertz CT molecular complexity index is 693. The predicted octanol–water partition coefficient (Wildman–Crippen LogP) is -4.61. The molecule has 0 aromatic rings. The summed E-state index contributed by atoms with van der Waals surface area (Å²) >= 11 is 0. The first-order valence-corrected chi connectivity index (χ1v) is 9.16. The van der Waals surface area contributed by atoms with Crippen molar-refractivity contribution in [2.75, 3.05) is 13.1 Å². The monoisotopic (exact) mass is 447 g/mol. The molecule has 3 amide bonds. The minimum atomic E-state index is -1.60. The molecule has 0 rings (SSSR count). The lowest BCUT2D eigenvalue weighted by Gasteiger charge is -2.20. The minimum Gasteiger partial charge on any atom is -0.481 e. The smallest absolute Gasteiger partial charge is 0.328 e. The van der Waals surface area contributed by atoms with Crippen LogP contribution in [0.3, 0.4) is 0 Å². The number of nitrogens with two attached hydrogens (primary N) is 3. The second-order valence-corrected chi connectivity index (χ2v) is 6.56. The fourth-order valence-corrected chi connectivity index (χ4v) is 2.22. The summed E-state index contributed by atoms with van der Waals surface area (Å²) in [6.07, 6.45) is -1.67. The summed E-state index contributed by atoms with van der Waals surface area (Å²) in [5, 5.41) is 33.5. The number of nitrogens with one attached hydrogen (secondary N) is 3. The summed E-state index contributed by atoms with van der Waals surface area (Å²) in [5.41, 5.74) is 16.0. The Morgan fingerprint density at radius 1 is 1.03 bits per heavy atom. The van der Waals surface area contributed by atoms with Crippen LogP contribution in [0.2, 0.25) is 0 Å². The van der Waals surface area contributed by atoms with Gasteiger partial charge in [-0.1, -0.05) is 0 Å². The number of carbonyl (C=O) groups is 5. The van der Waals surface area contributed by atoms with Crippen LogP contribution in [0, 0.1) is 0 Å². The number of carboxylic acid groups (broad SMARTS) is 2. The van der Waals surface area contributed by atoms with E-state index in [4.69, 9.17) is 27.4 Å². The first kappa shape index (κ1) is 27.5. The third-order valence-corrected chi connectivity index (χ3v) is 3.80. The highest BCUT2D eigenvalue weighted by molar-refractivity contribution is 5.94. The number of hydrogen-bond donors (Lipinski definition) is 9. The van der Waals surface area contributed by atoms with E-state index in [1.165, 1.54) is 0 Å². The lowest BCUT2D eigenvalue weighted by atomic mass is 10.1. The Morgan fingerprint density at radius 3 is 2.13 bits per heavy atom. The van der Waals surface area contributed by atoms with Gasteiger partial charge in [0.15, 0.2) is 12.0 Å². The Labute approximate surface area is 177 Å². The summed E-state index contributed by atoms with van der Waals surface area (Å²) < 4.78 is 0. The van der Waals surface area contributed by atoms with Crippen molar-refractivity contribution in [3.63, 3.8) is 0 Å². The molecule has 176 valence electrons. The van der Waals surface area contributed by atoms with Crippen LogP contribution in [-0.2, 0) is 24.0 Å². The second-order valence-electron chi connectivity index (χ2n) is 6.56. The Hall–Kier alpha value is -3.46. The lowest BCUT2D eigenvalue weighted by Crippen LogP contribution is -2.55. The van der Waals surface area contributed by atoms with Gasteiger partial charge in [-0.3, -0.25) is 24.2 Å². The molecule has 0 saturated heterocycles. The van der Waals surface area contributed by atoms with Crippen molar-refractivity contribution in [3.05, 3.63) is 0 Å². The molecule has 31 heavy (non-hydrogen) atoms. The molecule has 0 bridgehead atoms. The normalized spacial score (nSPS) is 14.3. The molecule has 12 N–H and O–H groups in total. The van der Waals surface area contributed by atoms with Gasteiger partial charge in [0.1, 0.15) is 6.04 Å². The quantitative estimate of drug-likeness (QED) is 0.0693. The number of carbonyl (C=O) groups excluding carboxylic acids is 3. The molecule has 0 radical (unpaired) electrons. The number of aliphatic carboxylic acids is 2. The van der Waals surface area contributed by atoms with Gasteiger partial charge in [-0.05, 0) is 19.8 Å². The van der Waals surface area contributed by atoms with Crippen molar-refractivity contribution in [2.45, 2.75) is 50.4 Å². The SMILES string of the molecule is CC(O)C(NC(=O)CNC(=O)C(CC(=O)O)NC(=O)C(N)CCCN=C(N)N)C(=O)O. The van der Waals surface area contributed by atoms with Crippen LogP contribution < -0.4 is 33.2 Å². The predicted molar refractivity (Wildman–Crippen MR) is 106 cm³/mol. The average molecular weight is 447 g/mol. The van der Waals surface area contributed by atoms with E-state index in [1.807, 2.05) is 5.32 Å². The first-order chi connectivity index (χ1) is 14.3. The highest BCUT2D eigenvalue weighted by Gasteiger charge is 2.28. The maximum atomic E-state index is 12.2. The average Bonchev–Trinajstić information content (AvgIpc) is 2.65. The summed E-state index contributed by atoms with van der Waals surface area (Å²) in [6.45, 7) is 0.657. The third kappa shape index (κ3) is 12.0. The Balaban J connectivity index is 4.81. The zero-order chi connectivity index (χ0) is 24.1. The van der Waals surface area contributed by atoms with E-state index in [1.54, 1.807) is 0 Å². The molecule has 4 unspecified atom stereocenters. The number of amides is 3. The molecular weight excluding hydrogens is 418 g/mol. The molecule has 0 aromatic carbocycles. The molecule has 0 aromatic heterocycles. The molecule has 0 spiro atoms. The van der Waals surface area contributed by atoms with E-state index in [9.17, 15) is 29.1 Å². The summed E-state index contributed by atoms with van der Waals surface area (Å²) in [7, 11) is 0. The number of aliphatic hydroxyl groups excluding tert-OH is 1. The number of aliphatic hydroxyl groups is 1. The maximum absolute atomic E-state index is 12.2. The molecule has 4 atom stereocenters. The number of guanidine groups is 1. The van der Waals surface area contributed by atoms with Gasteiger partial charge in [0.25, 0.3) is 0 Å². The fourth-order valence-electron chi connectivity index (χ4n) is 2.22. The number of nitrogens with zero attached hydrogens (tertiary/aromatic N) is 1. The van der Waals surface area contributed by atoms with Crippen molar-refractivity contribution in [1.29, 1.82) is 0 Å². The second kappa shape index (κ2) is 13.7. The van der Waals surface area contributed by atoms with Crippen LogP contribution in [0.5, 0.6) is 0 Å². The largest absolute Gasteiger partial charge is 0.481 e. The zero-order valence-corrected chi connectivity index (χ0v) is 16.9. The van der Waals surface area contributed by atoms with Crippen LogP contribution in [0.1, 0.15) is 26.2 Å². The standard InChI is InChI=1S/C16H29N7O8/c1-7(24)12(15(30)31)23-10(25)6-21-14(29)9(5-11(26)27)22-13(28)8(17)3-2-4-20-16(18)19/h7-9,12,24H,2-6,17H2,1H3,(H,21,29)(H,22,28)(H,23,25)(H,26,27)(H,30,31)(H4,18,19,20). The summed E-state index contributed by atoms with van der Waals surface area (Å²) in [6, 6.07) is -4.20. The highest BCUT2D eigenvalue weighted by atomic mass is 16.4. The molecular formula is C16H29N7O8. The van der Waals surface area contributed by atoms with Gasteiger partial charge in [0.05, 0.1) is 25.1 Å². The van der Waals surface area contributed by atoms with Crippen LogP contribution in [-0.4, -0.2) is 88.3 Å².